The smallest absolute Gasteiger partial charge is 0.118 e. The molecule has 2 aromatic carbocycles. The summed E-state index contributed by atoms with van der Waals surface area (Å²) in [6.45, 7) is 7.05. The molecule has 3 fully saturated rings. The third-order valence-corrected chi connectivity index (χ3v) is 7.33. The van der Waals surface area contributed by atoms with E-state index in [0.29, 0.717) is 5.41 Å². The Bertz CT molecular complexity index is 969. The number of fused-ring (bicyclic) bond motifs is 4. The minimum Gasteiger partial charge on any atom is -0.497 e. The van der Waals surface area contributed by atoms with Crippen molar-refractivity contribution in [2.24, 2.45) is 5.41 Å². The van der Waals surface area contributed by atoms with Crippen molar-refractivity contribution < 1.29 is 4.74 Å². The zero-order valence-electron chi connectivity index (χ0n) is 18.1. The Labute approximate surface area is 179 Å². The van der Waals surface area contributed by atoms with Gasteiger partial charge in [0.2, 0.25) is 0 Å². The molecule has 3 aromatic rings. The topological polar surface area (TPSA) is 29.4 Å². The number of ether oxygens (including phenoxy) is 1. The molecule has 0 unspecified atom stereocenters. The Balaban J connectivity index is 1.25. The SMILES string of the molecule is COc1ccc(Cn2cc(CCNCC34CCN(CC3)CC4)c3ccccc32)cc1. The van der Waals surface area contributed by atoms with Gasteiger partial charge in [0.25, 0.3) is 0 Å². The highest BCUT2D eigenvalue weighted by atomic mass is 16.5. The van der Waals surface area contributed by atoms with Gasteiger partial charge < -0.3 is 19.5 Å². The first-order valence-electron chi connectivity index (χ1n) is 11.4. The van der Waals surface area contributed by atoms with E-state index >= 15 is 0 Å². The van der Waals surface area contributed by atoms with Crippen molar-refractivity contribution in [1.29, 1.82) is 0 Å². The average molecular weight is 404 g/mol. The molecule has 4 heterocycles. The molecule has 4 heteroatoms. The third kappa shape index (κ3) is 3.99. The Hall–Kier alpha value is -2.30. The summed E-state index contributed by atoms with van der Waals surface area (Å²) in [4.78, 5) is 2.62. The lowest BCUT2D eigenvalue weighted by Crippen LogP contribution is -2.52. The normalized spacial score (nSPS) is 23.2. The molecular weight excluding hydrogens is 370 g/mol. The zero-order valence-corrected chi connectivity index (χ0v) is 18.1. The maximum Gasteiger partial charge on any atom is 0.118 e. The number of hydrogen-bond acceptors (Lipinski definition) is 3. The quantitative estimate of drug-likeness (QED) is 0.568. The predicted octanol–water partition coefficient (Wildman–Crippen LogP) is 4.32. The van der Waals surface area contributed by atoms with Gasteiger partial charge in [-0.1, -0.05) is 30.3 Å². The lowest BCUT2D eigenvalue weighted by Gasteiger charge is -2.48. The van der Waals surface area contributed by atoms with Crippen LogP contribution in [0.25, 0.3) is 10.9 Å². The van der Waals surface area contributed by atoms with Crippen LogP contribution in [0.5, 0.6) is 5.75 Å². The largest absolute Gasteiger partial charge is 0.497 e. The van der Waals surface area contributed by atoms with Gasteiger partial charge in [-0.2, -0.15) is 0 Å². The zero-order chi connectivity index (χ0) is 20.4. The van der Waals surface area contributed by atoms with E-state index in [1.807, 2.05) is 12.1 Å². The molecule has 0 radical (unpaired) electrons. The van der Waals surface area contributed by atoms with E-state index in [9.17, 15) is 0 Å². The van der Waals surface area contributed by atoms with E-state index in [0.717, 1.165) is 25.3 Å². The van der Waals surface area contributed by atoms with E-state index in [1.54, 1.807) is 7.11 Å². The summed E-state index contributed by atoms with van der Waals surface area (Å²) in [6, 6.07) is 17.2. The van der Waals surface area contributed by atoms with Crippen LogP contribution < -0.4 is 10.1 Å². The van der Waals surface area contributed by atoms with Gasteiger partial charge in [-0.05, 0) is 86.6 Å². The number of nitrogens with one attached hydrogen (secondary N) is 1. The number of aromatic nitrogens is 1. The highest BCUT2D eigenvalue weighted by molar-refractivity contribution is 5.84. The minimum absolute atomic E-state index is 0.567. The summed E-state index contributed by atoms with van der Waals surface area (Å²) in [5.41, 5.74) is 4.63. The summed E-state index contributed by atoms with van der Waals surface area (Å²) >= 11 is 0. The molecule has 3 aliphatic heterocycles. The van der Waals surface area contributed by atoms with Gasteiger partial charge in [0, 0.05) is 30.2 Å². The van der Waals surface area contributed by atoms with E-state index in [2.05, 4.69) is 57.4 Å². The second-order valence-corrected chi connectivity index (χ2v) is 9.17. The number of methoxy groups -OCH3 is 1. The summed E-state index contributed by atoms with van der Waals surface area (Å²) in [5.74, 6) is 0.908. The Morgan fingerprint density at radius 3 is 2.43 bits per heavy atom. The maximum absolute atomic E-state index is 5.29. The fourth-order valence-corrected chi connectivity index (χ4v) is 5.32. The maximum atomic E-state index is 5.29. The molecule has 0 atom stereocenters. The van der Waals surface area contributed by atoms with Gasteiger partial charge in [-0.15, -0.1) is 0 Å². The van der Waals surface area contributed by atoms with Crippen molar-refractivity contribution in [3.63, 3.8) is 0 Å². The fourth-order valence-electron chi connectivity index (χ4n) is 5.32. The number of benzene rings is 2. The van der Waals surface area contributed by atoms with Gasteiger partial charge in [0.05, 0.1) is 7.11 Å². The molecule has 0 aliphatic carbocycles. The Morgan fingerprint density at radius 2 is 1.70 bits per heavy atom. The third-order valence-electron chi connectivity index (χ3n) is 7.33. The van der Waals surface area contributed by atoms with E-state index < -0.39 is 0 Å². The minimum atomic E-state index is 0.567. The molecule has 0 amide bonds. The van der Waals surface area contributed by atoms with Crippen molar-refractivity contribution >= 4 is 10.9 Å². The van der Waals surface area contributed by atoms with E-state index in [-0.39, 0.29) is 0 Å². The summed E-state index contributed by atoms with van der Waals surface area (Å²) in [6.07, 6.45) is 7.57. The van der Waals surface area contributed by atoms with Crippen LogP contribution in [0.4, 0.5) is 0 Å². The molecule has 6 rings (SSSR count). The van der Waals surface area contributed by atoms with E-state index in [1.165, 1.54) is 67.5 Å². The van der Waals surface area contributed by atoms with Crippen LogP contribution >= 0.6 is 0 Å². The first kappa shape index (κ1) is 19.7. The van der Waals surface area contributed by atoms with Crippen LogP contribution in [0.15, 0.2) is 54.7 Å². The highest BCUT2D eigenvalue weighted by Gasteiger charge is 2.38. The van der Waals surface area contributed by atoms with Crippen molar-refractivity contribution in [2.75, 3.05) is 39.8 Å². The lowest BCUT2D eigenvalue weighted by atomic mass is 9.72. The molecule has 30 heavy (non-hydrogen) atoms. The van der Waals surface area contributed by atoms with Crippen LogP contribution in [-0.4, -0.2) is 49.3 Å². The molecule has 3 saturated heterocycles. The number of nitrogens with zero attached hydrogens (tertiary/aromatic N) is 2. The van der Waals surface area contributed by atoms with Crippen LogP contribution in [-0.2, 0) is 13.0 Å². The number of hydrogen-bond donors (Lipinski definition) is 1. The first-order chi connectivity index (χ1) is 14.7. The molecule has 3 aliphatic rings. The van der Waals surface area contributed by atoms with Gasteiger partial charge in [0.15, 0.2) is 0 Å². The molecule has 2 bridgehead atoms. The monoisotopic (exact) mass is 403 g/mol. The van der Waals surface area contributed by atoms with Crippen LogP contribution in [0, 0.1) is 5.41 Å². The Kier molecular flexibility index (Phi) is 5.53. The van der Waals surface area contributed by atoms with Crippen molar-refractivity contribution in [3.05, 3.63) is 65.9 Å². The summed E-state index contributed by atoms with van der Waals surface area (Å²) in [7, 11) is 1.71. The Morgan fingerprint density at radius 1 is 0.967 bits per heavy atom. The molecule has 1 aromatic heterocycles. The van der Waals surface area contributed by atoms with Gasteiger partial charge in [0.1, 0.15) is 5.75 Å². The predicted molar refractivity (Wildman–Crippen MR) is 123 cm³/mol. The molecular formula is C26H33N3O. The second-order valence-electron chi connectivity index (χ2n) is 9.17. The van der Waals surface area contributed by atoms with Crippen molar-refractivity contribution in [1.82, 2.24) is 14.8 Å². The molecule has 0 saturated carbocycles. The average Bonchev–Trinajstić information content (AvgIpc) is 3.16. The molecule has 158 valence electrons. The van der Waals surface area contributed by atoms with Crippen molar-refractivity contribution in [3.8, 4) is 5.75 Å². The molecule has 1 N–H and O–H groups in total. The van der Waals surface area contributed by atoms with Crippen LogP contribution in [0.2, 0.25) is 0 Å². The summed E-state index contributed by atoms with van der Waals surface area (Å²) < 4.78 is 7.68. The number of piperidine rings is 3. The molecule has 0 spiro atoms. The van der Waals surface area contributed by atoms with Gasteiger partial charge in [-0.25, -0.2) is 0 Å². The fraction of sp³-hybridized carbons (Fsp3) is 0.462. The second kappa shape index (κ2) is 8.44. The number of para-hydroxylation sites is 1. The highest BCUT2D eigenvalue weighted by Crippen LogP contribution is 2.39. The van der Waals surface area contributed by atoms with Gasteiger partial charge >= 0.3 is 0 Å². The van der Waals surface area contributed by atoms with Crippen molar-refractivity contribution in [2.45, 2.75) is 32.2 Å². The summed E-state index contributed by atoms with van der Waals surface area (Å²) in [5, 5.41) is 5.20. The van der Waals surface area contributed by atoms with Crippen LogP contribution in [0.3, 0.4) is 0 Å². The van der Waals surface area contributed by atoms with Crippen LogP contribution in [0.1, 0.15) is 30.4 Å². The first-order valence-corrected chi connectivity index (χ1v) is 11.4. The standard InChI is InChI=1S/C26H33N3O/c1-30-23-8-6-21(7-9-23)18-29-19-22(24-4-2-3-5-25(24)29)10-14-27-20-26-11-15-28(16-12-26)17-13-26/h2-9,19,27H,10-18,20H2,1H3. The van der Waals surface area contributed by atoms with E-state index in [4.69, 9.17) is 4.74 Å². The number of rotatable bonds is 8. The van der Waals surface area contributed by atoms with Gasteiger partial charge in [-0.3, -0.25) is 0 Å². The lowest BCUT2D eigenvalue weighted by molar-refractivity contribution is 0.0268. The molecule has 4 nitrogen and oxygen atoms in total.